The van der Waals surface area contributed by atoms with Gasteiger partial charge in [0.05, 0.1) is 27.6 Å². The van der Waals surface area contributed by atoms with Crippen LogP contribution in [0.1, 0.15) is 47.2 Å². The average molecular weight is 642 g/mol. The highest BCUT2D eigenvalue weighted by atomic mass is 16.3. The number of hydrogen-bond donors (Lipinski definition) is 0. The smallest absolute Gasteiger partial charge is 0.200 e. The van der Waals surface area contributed by atoms with Gasteiger partial charge in [-0.3, -0.25) is 4.79 Å². The van der Waals surface area contributed by atoms with E-state index in [1.54, 1.807) is 0 Å². The van der Waals surface area contributed by atoms with Crippen molar-refractivity contribution in [2.75, 3.05) is 4.90 Å². The molecule has 3 nitrogen and oxygen atoms in total. The Bertz CT molecular complexity index is 2790. The third-order valence-electron chi connectivity index (χ3n) is 11.7. The standard InChI is InChI=1S/C47H31NO2/c1-46(2)35-16-6-3-13-29(35)31-24-23-28(25-39(31)46)48-41-20-10-8-18-37(41)47(38-19-9-11-21-42(38)48)36-17-7-4-14-30(36)33-27-44-34(26-40(33)47)45(49)32-15-5-12-22-43(32)50-44/h3-27H,1-2H3. The van der Waals surface area contributed by atoms with Crippen LogP contribution in [0.15, 0.2) is 161 Å². The maximum atomic E-state index is 14.1. The molecule has 7 aromatic carbocycles. The summed E-state index contributed by atoms with van der Waals surface area (Å²) in [7, 11) is 0. The number of benzene rings is 7. The molecule has 3 aliphatic rings. The van der Waals surface area contributed by atoms with Crippen LogP contribution in [0.25, 0.3) is 44.2 Å². The molecule has 0 atom stereocenters. The largest absolute Gasteiger partial charge is 0.456 e. The fraction of sp³-hybridized carbons (Fsp3) is 0.0851. The summed E-state index contributed by atoms with van der Waals surface area (Å²) >= 11 is 0. The molecule has 3 heteroatoms. The fourth-order valence-electron chi connectivity index (χ4n) is 9.51. The molecule has 1 spiro atoms. The highest BCUT2D eigenvalue weighted by Gasteiger charge is 2.52. The third-order valence-corrected chi connectivity index (χ3v) is 11.7. The minimum absolute atomic E-state index is 0.00323. The summed E-state index contributed by atoms with van der Waals surface area (Å²) in [5.41, 5.74) is 16.2. The van der Waals surface area contributed by atoms with Crippen molar-refractivity contribution in [1.82, 2.24) is 0 Å². The summed E-state index contributed by atoms with van der Waals surface area (Å²) in [6, 6.07) is 54.0. The van der Waals surface area contributed by atoms with Gasteiger partial charge in [0.1, 0.15) is 11.2 Å². The van der Waals surface area contributed by atoms with Gasteiger partial charge >= 0.3 is 0 Å². The van der Waals surface area contributed by atoms with Gasteiger partial charge in [-0.25, -0.2) is 0 Å². The van der Waals surface area contributed by atoms with Crippen LogP contribution in [-0.2, 0) is 10.8 Å². The number of hydrogen-bond acceptors (Lipinski definition) is 3. The van der Waals surface area contributed by atoms with Crippen molar-refractivity contribution in [1.29, 1.82) is 0 Å². The van der Waals surface area contributed by atoms with Crippen molar-refractivity contribution in [3.8, 4) is 22.3 Å². The Balaban J connectivity index is 1.22. The number of anilines is 3. The van der Waals surface area contributed by atoms with Crippen LogP contribution in [0.2, 0.25) is 0 Å². The van der Waals surface area contributed by atoms with E-state index in [4.69, 9.17) is 4.42 Å². The first-order valence-corrected chi connectivity index (χ1v) is 17.3. The first-order valence-electron chi connectivity index (χ1n) is 17.3. The van der Waals surface area contributed by atoms with Crippen molar-refractivity contribution in [2.45, 2.75) is 24.7 Å². The molecule has 50 heavy (non-hydrogen) atoms. The number of para-hydroxylation sites is 3. The van der Waals surface area contributed by atoms with Crippen molar-refractivity contribution < 1.29 is 4.42 Å². The Morgan fingerprint density at radius 3 is 1.78 bits per heavy atom. The molecule has 1 aromatic heterocycles. The topological polar surface area (TPSA) is 33.5 Å². The highest BCUT2D eigenvalue weighted by molar-refractivity contribution is 6.01. The normalized spacial score (nSPS) is 15.4. The molecule has 236 valence electrons. The molecule has 0 unspecified atom stereocenters. The molecular weight excluding hydrogens is 611 g/mol. The molecule has 0 N–H and O–H groups in total. The van der Waals surface area contributed by atoms with E-state index in [1.807, 2.05) is 24.3 Å². The Kier molecular flexibility index (Phi) is 5.26. The monoisotopic (exact) mass is 641 g/mol. The van der Waals surface area contributed by atoms with Crippen LogP contribution in [0.4, 0.5) is 17.1 Å². The van der Waals surface area contributed by atoms with Crippen LogP contribution >= 0.6 is 0 Å². The Morgan fingerprint density at radius 2 is 1.04 bits per heavy atom. The molecule has 0 saturated heterocycles. The van der Waals surface area contributed by atoms with E-state index in [2.05, 4.69) is 146 Å². The van der Waals surface area contributed by atoms with Crippen molar-refractivity contribution in [3.05, 3.63) is 195 Å². The molecule has 0 saturated carbocycles. The minimum atomic E-state index is -0.645. The van der Waals surface area contributed by atoms with E-state index in [0.717, 1.165) is 33.8 Å². The van der Waals surface area contributed by atoms with Gasteiger partial charge in [0.2, 0.25) is 5.43 Å². The number of nitrogens with zero attached hydrogens (tertiary/aromatic N) is 1. The van der Waals surface area contributed by atoms with Gasteiger partial charge in [0, 0.05) is 11.1 Å². The van der Waals surface area contributed by atoms with Crippen LogP contribution in [0.5, 0.6) is 0 Å². The lowest BCUT2D eigenvalue weighted by Gasteiger charge is -2.45. The molecule has 11 rings (SSSR count). The second-order valence-electron chi connectivity index (χ2n) is 14.4. The van der Waals surface area contributed by atoms with Crippen molar-refractivity contribution in [2.24, 2.45) is 0 Å². The Labute approximate surface area is 289 Å². The van der Waals surface area contributed by atoms with Gasteiger partial charge in [0.15, 0.2) is 0 Å². The minimum Gasteiger partial charge on any atom is -0.456 e. The molecule has 2 aliphatic carbocycles. The molecule has 1 aliphatic heterocycles. The number of fused-ring (bicyclic) bond motifs is 14. The van der Waals surface area contributed by atoms with Gasteiger partial charge in [-0.2, -0.15) is 0 Å². The van der Waals surface area contributed by atoms with E-state index < -0.39 is 5.41 Å². The Hall–Kier alpha value is -6.19. The second kappa shape index (κ2) is 9.49. The molecule has 0 amide bonds. The van der Waals surface area contributed by atoms with Crippen LogP contribution in [-0.4, -0.2) is 0 Å². The summed E-state index contributed by atoms with van der Waals surface area (Å²) in [6.07, 6.45) is 0. The zero-order valence-corrected chi connectivity index (χ0v) is 27.7. The molecule has 0 radical (unpaired) electrons. The predicted molar refractivity (Wildman–Crippen MR) is 203 cm³/mol. The van der Waals surface area contributed by atoms with Crippen molar-refractivity contribution >= 4 is 39.0 Å². The van der Waals surface area contributed by atoms with Crippen LogP contribution in [0, 0.1) is 0 Å². The summed E-state index contributed by atoms with van der Waals surface area (Å²) in [5.74, 6) is 0. The van der Waals surface area contributed by atoms with Gasteiger partial charge in [-0.1, -0.05) is 117 Å². The van der Waals surface area contributed by atoms with Gasteiger partial charge in [-0.15, -0.1) is 0 Å². The zero-order valence-electron chi connectivity index (χ0n) is 27.7. The maximum absolute atomic E-state index is 14.1. The molecule has 8 aromatic rings. The van der Waals surface area contributed by atoms with Crippen molar-refractivity contribution in [3.63, 3.8) is 0 Å². The fourth-order valence-corrected chi connectivity index (χ4v) is 9.51. The lowest BCUT2D eigenvalue weighted by molar-refractivity contribution is 0.659. The summed E-state index contributed by atoms with van der Waals surface area (Å²) in [5, 5.41) is 1.20. The predicted octanol–water partition coefficient (Wildman–Crippen LogP) is 11.4. The van der Waals surface area contributed by atoms with Crippen LogP contribution < -0.4 is 10.3 Å². The Morgan fingerprint density at radius 1 is 0.460 bits per heavy atom. The van der Waals surface area contributed by atoms with E-state index in [-0.39, 0.29) is 10.8 Å². The third kappa shape index (κ3) is 3.28. The van der Waals surface area contributed by atoms with Gasteiger partial charge < -0.3 is 9.32 Å². The maximum Gasteiger partial charge on any atom is 0.200 e. The SMILES string of the molecule is CC1(C)c2ccccc2-c2ccc(N3c4ccccc4C4(c5ccccc5-c5cc6oc7ccccc7c(=O)c6cc54)c4ccccc43)cc21. The lowest BCUT2D eigenvalue weighted by atomic mass is 9.64. The quantitative estimate of drug-likeness (QED) is 0.167. The van der Waals surface area contributed by atoms with Gasteiger partial charge in [-0.05, 0) is 104 Å². The zero-order chi connectivity index (χ0) is 33.4. The first-order chi connectivity index (χ1) is 24.5. The molecule has 0 fully saturated rings. The lowest BCUT2D eigenvalue weighted by Crippen LogP contribution is -2.36. The summed E-state index contributed by atoms with van der Waals surface area (Å²) in [4.78, 5) is 16.6. The highest BCUT2D eigenvalue weighted by Crippen LogP contribution is 2.64. The van der Waals surface area contributed by atoms with Crippen LogP contribution in [0.3, 0.4) is 0 Å². The van der Waals surface area contributed by atoms with E-state index >= 15 is 0 Å². The summed E-state index contributed by atoms with van der Waals surface area (Å²) in [6.45, 7) is 4.68. The first kappa shape index (κ1) is 27.7. The molecule has 0 bridgehead atoms. The molecule has 2 heterocycles. The summed E-state index contributed by atoms with van der Waals surface area (Å²) < 4.78 is 6.43. The average Bonchev–Trinajstić information content (AvgIpc) is 3.56. The van der Waals surface area contributed by atoms with Gasteiger partial charge in [0.25, 0.3) is 0 Å². The second-order valence-corrected chi connectivity index (χ2v) is 14.4. The molecular formula is C47H31NO2. The number of rotatable bonds is 1. The van der Waals surface area contributed by atoms with E-state index in [9.17, 15) is 4.79 Å². The van der Waals surface area contributed by atoms with E-state index in [0.29, 0.717) is 21.9 Å². The van der Waals surface area contributed by atoms with E-state index in [1.165, 1.54) is 38.9 Å².